The second-order valence-corrected chi connectivity index (χ2v) is 4.94. The zero-order valence-electron chi connectivity index (χ0n) is 9.62. The van der Waals surface area contributed by atoms with E-state index in [2.05, 4.69) is 0 Å². The Morgan fingerprint density at radius 3 is 2.56 bits per heavy atom. The van der Waals surface area contributed by atoms with Crippen LogP contribution in [0.25, 0.3) is 0 Å². The molecule has 0 saturated heterocycles. The predicted octanol–water partition coefficient (Wildman–Crippen LogP) is 1.64. The van der Waals surface area contributed by atoms with E-state index in [9.17, 15) is 18.0 Å². The molecule has 0 spiro atoms. The van der Waals surface area contributed by atoms with E-state index < -0.39 is 25.2 Å². The Bertz CT molecular complexity index is 412. The van der Waals surface area contributed by atoms with Crippen LogP contribution in [0.3, 0.4) is 0 Å². The molecule has 1 rings (SSSR count). The Labute approximate surface area is 106 Å². The molecule has 0 bridgehead atoms. The van der Waals surface area contributed by atoms with Crippen molar-refractivity contribution in [1.29, 1.82) is 0 Å². The van der Waals surface area contributed by atoms with Crippen LogP contribution in [0.1, 0.15) is 14.5 Å². The molecule has 102 valence electrons. The van der Waals surface area contributed by atoms with Crippen LogP contribution in [0.4, 0.5) is 18.9 Å². The minimum atomic E-state index is -4.50. The molecule has 0 aliphatic carbocycles. The number of thiophene rings is 1. The molecule has 0 fully saturated rings. The molecule has 0 saturated carbocycles. The second-order valence-electron chi connectivity index (χ2n) is 3.69. The number of carbonyl (C=O) groups excluding carboxylic acids is 1. The summed E-state index contributed by atoms with van der Waals surface area (Å²) >= 11 is 1.04. The van der Waals surface area contributed by atoms with E-state index >= 15 is 0 Å². The summed E-state index contributed by atoms with van der Waals surface area (Å²) in [6.07, 6.45) is -4.50. The number of carbonyl (C=O) groups is 1. The number of nitrogen functional groups attached to an aromatic ring is 1. The molecular formula is C10H13F3N2O2S. The number of hydrogen-bond donors (Lipinski definition) is 2. The molecule has 1 aromatic heterocycles. The van der Waals surface area contributed by atoms with Gasteiger partial charge in [0.2, 0.25) is 0 Å². The molecule has 0 aromatic carbocycles. The Hall–Kier alpha value is -1.28. The molecule has 18 heavy (non-hydrogen) atoms. The minimum absolute atomic E-state index is 0.141. The van der Waals surface area contributed by atoms with Gasteiger partial charge in [0.25, 0.3) is 5.91 Å². The van der Waals surface area contributed by atoms with Gasteiger partial charge in [-0.1, -0.05) is 0 Å². The van der Waals surface area contributed by atoms with Crippen LogP contribution in [-0.4, -0.2) is 41.8 Å². The summed E-state index contributed by atoms with van der Waals surface area (Å²) in [5.74, 6) is -0.772. The summed E-state index contributed by atoms with van der Waals surface area (Å²) in [5.41, 5.74) is 5.92. The van der Waals surface area contributed by atoms with Gasteiger partial charge < -0.3 is 15.7 Å². The number of halogens is 3. The van der Waals surface area contributed by atoms with Gasteiger partial charge in [0.05, 0.1) is 11.5 Å². The zero-order chi connectivity index (χ0) is 13.9. The summed E-state index contributed by atoms with van der Waals surface area (Å²) in [7, 11) is 0. The molecule has 4 nitrogen and oxygen atoms in total. The van der Waals surface area contributed by atoms with Gasteiger partial charge in [-0.25, -0.2) is 0 Å². The van der Waals surface area contributed by atoms with Gasteiger partial charge in [-0.2, -0.15) is 13.2 Å². The van der Waals surface area contributed by atoms with Crippen molar-refractivity contribution in [3.63, 3.8) is 0 Å². The van der Waals surface area contributed by atoms with Gasteiger partial charge in [0, 0.05) is 17.1 Å². The van der Waals surface area contributed by atoms with Crippen molar-refractivity contribution >= 4 is 22.9 Å². The van der Waals surface area contributed by atoms with Crippen LogP contribution in [0.2, 0.25) is 0 Å². The number of aliphatic hydroxyl groups is 1. The second kappa shape index (κ2) is 5.57. The lowest BCUT2D eigenvalue weighted by molar-refractivity contribution is -0.141. The van der Waals surface area contributed by atoms with E-state index in [1.54, 1.807) is 6.92 Å². The first-order valence-electron chi connectivity index (χ1n) is 5.07. The van der Waals surface area contributed by atoms with E-state index in [1.165, 1.54) is 6.07 Å². The Morgan fingerprint density at radius 1 is 1.56 bits per heavy atom. The highest BCUT2D eigenvalue weighted by atomic mass is 32.1. The highest BCUT2D eigenvalue weighted by molar-refractivity contribution is 7.14. The third kappa shape index (κ3) is 3.88. The first-order chi connectivity index (χ1) is 8.24. The normalized spacial score (nSPS) is 11.6. The lowest BCUT2D eigenvalue weighted by Gasteiger charge is -2.22. The monoisotopic (exact) mass is 282 g/mol. The fourth-order valence-corrected chi connectivity index (χ4v) is 2.26. The lowest BCUT2D eigenvalue weighted by Crippen LogP contribution is -2.40. The molecule has 0 aliphatic heterocycles. The smallest absolute Gasteiger partial charge is 0.398 e. The number of nitrogens with two attached hydrogens (primary N) is 1. The van der Waals surface area contributed by atoms with Crippen LogP contribution in [-0.2, 0) is 0 Å². The molecule has 0 atom stereocenters. The van der Waals surface area contributed by atoms with Crippen molar-refractivity contribution in [3.05, 3.63) is 15.8 Å². The Morgan fingerprint density at radius 2 is 2.17 bits per heavy atom. The van der Waals surface area contributed by atoms with Crippen LogP contribution in [0, 0.1) is 6.92 Å². The van der Waals surface area contributed by atoms with Crippen molar-refractivity contribution in [2.45, 2.75) is 13.1 Å². The van der Waals surface area contributed by atoms with Gasteiger partial charge in [-0.05, 0) is 13.0 Å². The predicted molar refractivity (Wildman–Crippen MR) is 62.5 cm³/mol. The van der Waals surface area contributed by atoms with Gasteiger partial charge in [0.15, 0.2) is 0 Å². The maximum absolute atomic E-state index is 12.3. The van der Waals surface area contributed by atoms with Crippen molar-refractivity contribution in [2.24, 2.45) is 0 Å². The molecule has 0 aliphatic rings. The van der Waals surface area contributed by atoms with Gasteiger partial charge in [0.1, 0.15) is 6.54 Å². The number of aliphatic hydroxyl groups excluding tert-OH is 1. The number of hydrogen-bond acceptors (Lipinski definition) is 4. The van der Waals surface area contributed by atoms with Crippen LogP contribution in [0.15, 0.2) is 6.07 Å². The molecule has 3 N–H and O–H groups in total. The molecular weight excluding hydrogens is 269 g/mol. The molecule has 0 unspecified atom stereocenters. The summed E-state index contributed by atoms with van der Waals surface area (Å²) < 4.78 is 36.9. The minimum Gasteiger partial charge on any atom is -0.398 e. The average molecular weight is 282 g/mol. The number of aryl methyl sites for hydroxylation is 1. The fraction of sp³-hybridized carbons (Fsp3) is 0.500. The third-order valence-electron chi connectivity index (χ3n) is 2.19. The third-order valence-corrected chi connectivity index (χ3v) is 3.25. The summed E-state index contributed by atoms with van der Waals surface area (Å²) in [5, 5.41) is 8.71. The lowest BCUT2D eigenvalue weighted by atomic mass is 10.3. The van der Waals surface area contributed by atoms with Crippen molar-refractivity contribution in [2.75, 3.05) is 25.4 Å². The number of nitrogens with zero attached hydrogens (tertiary/aromatic N) is 1. The average Bonchev–Trinajstić information content (AvgIpc) is 2.56. The zero-order valence-corrected chi connectivity index (χ0v) is 10.4. The molecule has 8 heteroatoms. The van der Waals surface area contributed by atoms with E-state index in [-0.39, 0.29) is 11.4 Å². The summed E-state index contributed by atoms with van der Waals surface area (Å²) in [6, 6.07) is 1.35. The number of anilines is 1. The van der Waals surface area contributed by atoms with E-state index in [1.807, 2.05) is 0 Å². The number of amides is 1. The van der Waals surface area contributed by atoms with Crippen LogP contribution >= 0.6 is 11.3 Å². The highest BCUT2D eigenvalue weighted by Gasteiger charge is 2.33. The van der Waals surface area contributed by atoms with Crippen LogP contribution < -0.4 is 5.73 Å². The topological polar surface area (TPSA) is 66.6 Å². The van der Waals surface area contributed by atoms with E-state index in [0.717, 1.165) is 11.3 Å². The quantitative estimate of drug-likeness (QED) is 0.882. The SMILES string of the molecule is Cc1sc(C(=O)N(CCO)CC(F)(F)F)cc1N. The Kier molecular flexibility index (Phi) is 4.58. The van der Waals surface area contributed by atoms with Gasteiger partial charge >= 0.3 is 6.18 Å². The van der Waals surface area contributed by atoms with E-state index in [4.69, 9.17) is 10.8 Å². The molecule has 0 radical (unpaired) electrons. The summed E-state index contributed by atoms with van der Waals surface area (Å²) in [6.45, 7) is -0.600. The largest absolute Gasteiger partial charge is 0.406 e. The first-order valence-corrected chi connectivity index (χ1v) is 5.89. The van der Waals surface area contributed by atoms with E-state index in [0.29, 0.717) is 15.5 Å². The van der Waals surface area contributed by atoms with Crippen molar-refractivity contribution in [3.8, 4) is 0 Å². The maximum Gasteiger partial charge on any atom is 0.406 e. The standard InChI is InChI=1S/C10H13F3N2O2S/c1-6-7(14)4-8(18-6)9(17)15(2-3-16)5-10(11,12)13/h4,16H,2-3,5,14H2,1H3. The number of rotatable bonds is 4. The summed E-state index contributed by atoms with van der Waals surface area (Å²) in [4.78, 5) is 13.2. The van der Waals surface area contributed by atoms with Crippen molar-refractivity contribution < 1.29 is 23.1 Å². The molecule has 1 amide bonds. The number of alkyl halides is 3. The fourth-order valence-electron chi connectivity index (χ4n) is 1.35. The maximum atomic E-state index is 12.3. The molecule has 1 aromatic rings. The van der Waals surface area contributed by atoms with Crippen LogP contribution in [0.5, 0.6) is 0 Å². The Balaban J connectivity index is 2.88. The van der Waals surface area contributed by atoms with Gasteiger partial charge in [-0.3, -0.25) is 4.79 Å². The van der Waals surface area contributed by atoms with Crippen molar-refractivity contribution in [1.82, 2.24) is 4.90 Å². The molecule has 1 heterocycles. The van der Waals surface area contributed by atoms with Gasteiger partial charge in [-0.15, -0.1) is 11.3 Å². The highest BCUT2D eigenvalue weighted by Crippen LogP contribution is 2.26. The first kappa shape index (κ1) is 14.8.